The first-order valence-electron chi connectivity index (χ1n) is 10.5. The number of anilines is 1. The zero-order valence-corrected chi connectivity index (χ0v) is 19.7. The van der Waals surface area contributed by atoms with E-state index < -0.39 is 5.91 Å². The molecule has 166 valence electrons. The third-order valence-electron chi connectivity index (χ3n) is 5.52. The fourth-order valence-corrected chi connectivity index (χ4v) is 4.14. The summed E-state index contributed by atoms with van der Waals surface area (Å²) < 4.78 is 1.99. The van der Waals surface area contributed by atoms with Gasteiger partial charge in [0.25, 0.3) is 5.91 Å². The number of hydrogen-bond acceptors (Lipinski definition) is 2. The first-order valence-corrected chi connectivity index (χ1v) is 11.2. The van der Waals surface area contributed by atoms with Crippen LogP contribution in [0.3, 0.4) is 0 Å². The normalized spacial score (nSPS) is 10.8. The van der Waals surface area contributed by atoms with Gasteiger partial charge in [-0.2, -0.15) is 0 Å². The van der Waals surface area contributed by atoms with Crippen LogP contribution in [0.25, 0.3) is 11.3 Å². The molecule has 1 N–H and O–H groups in total. The largest absolute Gasteiger partial charge is 0.340 e. The van der Waals surface area contributed by atoms with Crippen molar-refractivity contribution in [1.82, 2.24) is 4.57 Å². The fraction of sp³-hybridized carbons (Fsp3) is 0.111. The summed E-state index contributed by atoms with van der Waals surface area (Å²) in [5, 5.41) is 3.86. The monoisotopic (exact) mass is 476 g/mol. The number of hydrogen-bond donors (Lipinski definition) is 1. The van der Waals surface area contributed by atoms with Gasteiger partial charge in [-0.3, -0.25) is 9.59 Å². The van der Waals surface area contributed by atoms with Crippen molar-refractivity contribution in [1.29, 1.82) is 0 Å². The second-order valence-corrected chi connectivity index (χ2v) is 8.68. The lowest BCUT2D eigenvalue weighted by molar-refractivity contribution is 0.102. The van der Waals surface area contributed by atoms with Gasteiger partial charge in [-0.1, -0.05) is 71.7 Å². The molecule has 0 aliphatic carbocycles. The smallest absolute Gasteiger partial charge is 0.261 e. The topological polar surface area (TPSA) is 51.1 Å². The van der Waals surface area contributed by atoms with E-state index in [-0.39, 0.29) is 11.0 Å². The fourth-order valence-electron chi connectivity index (χ4n) is 3.83. The molecular formula is C27H22Cl2N2O2. The number of nitrogens with one attached hydrogen (secondary N) is 1. The van der Waals surface area contributed by atoms with Crippen molar-refractivity contribution in [2.75, 3.05) is 5.32 Å². The van der Waals surface area contributed by atoms with Gasteiger partial charge in [0.2, 0.25) is 0 Å². The lowest BCUT2D eigenvalue weighted by Crippen LogP contribution is -2.27. The predicted molar refractivity (Wildman–Crippen MR) is 136 cm³/mol. The second kappa shape index (κ2) is 9.65. The maximum absolute atomic E-state index is 13.5. The third kappa shape index (κ3) is 4.87. The summed E-state index contributed by atoms with van der Waals surface area (Å²) in [6.07, 6.45) is 0. The van der Waals surface area contributed by atoms with E-state index in [4.69, 9.17) is 23.2 Å². The van der Waals surface area contributed by atoms with Crippen LogP contribution in [0.15, 0.2) is 83.7 Å². The molecule has 1 heterocycles. The van der Waals surface area contributed by atoms with Gasteiger partial charge >= 0.3 is 0 Å². The van der Waals surface area contributed by atoms with E-state index in [0.29, 0.717) is 28.0 Å². The van der Waals surface area contributed by atoms with Gasteiger partial charge in [0.05, 0.1) is 16.4 Å². The molecule has 3 aromatic carbocycles. The van der Waals surface area contributed by atoms with Crippen molar-refractivity contribution < 1.29 is 4.79 Å². The quantitative estimate of drug-likeness (QED) is 0.346. The maximum Gasteiger partial charge on any atom is 0.261 e. The summed E-state index contributed by atoms with van der Waals surface area (Å²) in [4.78, 5) is 26.6. The van der Waals surface area contributed by atoms with E-state index in [1.807, 2.05) is 66.9 Å². The molecule has 33 heavy (non-hydrogen) atoms. The average molecular weight is 477 g/mol. The first kappa shape index (κ1) is 22.8. The Kier molecular flexibility index (Phi) is 6.68. The number of aromatic nitrogens is 1. The predicted octanol–water partition coefficient (Wildman–Crippen LogP) is 6.74. The molecule has 0 atom stereocenters. The highest BCUT2D eigenvalue weighted by Crippen LogP contribution is 2.29. The summed E-state index contributed by atoms with van der Waals surface area (Å²) >= 11 is 12.3. The second-order valence-electron chi connectivity index (χ2n) is 7.84. The van der Waals surface area contributed by atoms with Crippen molar-refractivity contribution in [2.45, 2.75) is 20.4 Å². The highest BCUT2D eigenvalue weighted by Gasteiger charge is 2.23. The van der Waals surface area contributed by atoms with E-state index in [9.17, 15) is 9.59 Å². The molecule has 6 heteroatoms. The van der Waals surface area contributed by atoms with Gasteiger partial charge in [0.1, 0.15) is 5.56 Å². The first-order chi connectivity index (χ1) is 15.8. The number of para-hydroxylation sites is 1. The Morgan fingerprint density at radius 1 is 0.909 bits per heavy atom. The minimum absolute atomic E-state index is 0.0729. The molecule has 0 unspecified atom stereocenters. The van der Waals surface area contributed by atoms with Gasteiger partial charge in [-0.05, 0) is 49.2 Å². The lowest BCUT2D eigenvalue weighted by atomic mass is 9.98. The number of carbonyl (C=O) groups excluding carboxylic acids is 1. The Morgan fingerprint density at radius 3 is 2.27 bits per heavy atom. The van der Waals surface area contributed by atoms with E-state index in [2.05, 4.69) is 5.32 Å². The molecule has 4 nitrogen and oxygen atoms in total. The number of rotatable bonds is 5. The number of aryl methyl sites for hydroxylation is 2. The number of benzene rings is 3. The Morgan fingerprint density at radius 2 is 1.58 bits per heavy atom. The number of pyridine rings is 1. The summed E-state index contributed by atoms with van der Waals surface area (Å²) in [5.74, 6) is -0.504. The van der Waals surface area contributed by atoms with Crippen molar-refractivity contribution in [3.05, 3.63) is 122 Å². The Labute approximate surface area is 202 Å². The molecule has 4 aromatic rings. The van der Waals surface area contributed by atoms with Crippen LogP contribution in [-0.2, 0) is 6.54 Å². The molecule has 1 amide bonds. The molecule has 0 aliphatic rings. The zero-order valence-electron chi connectivity index (χ0n) is 18.2. The third-order valence-corrected chi connectivity index (χ3v) is 6.10. The van der Waals surface area contributed by atoms with Crippen molar-refractivity contribution in [2.24, 2.45) is 0 Å². The Balaban J connectivity index is 1.93. The summed E-state index contributed by atoms with van der Waals surface area (Å²) in [5.41, 5.74) is 4.27. The SMILES string of the molecule is Cc1ccccc1-c1c(C(=O)Nc2ccccc2Cl)c(=O)cc(C)n1Cc1ccc(Cl)cc1. The number of nitrogens with zero attached hydrogens (tertiary/aromatic N) is 1. The number of halogens is 2. The molecule has 0 fully saturated rings. The summed E-state index contributed by atoms with van der Waals surface area (Å²) in [7, 11) is 0. The zero-order chi connectivity index (χ0) is 23.5. The van der Waals surface area contributed by atoms with Crippen LogP contribution in [0, 0.1) is 13.8 Å². The number of amides is 1. The molecular weight excluding hydrogens is 455 g/mol. The molecule has 0 saturated carbocycles. The lowest BCUT2D eigenvalue weighted by Gasteiger charge is -2.22. The molecule has 0 spiro atoms. The van der Waals surface area contributed by atoms with E-state index in [1.54, 1.807) is 24.3 Å². The summed E-state index contributed by atoms with van der Waals surface area (Å²) in [6, 6.07) is 23.7. The molecule has 1 aromatic heterocycles. The van der Waals surface area contributed by atoms with Crippen LogP contribution in [0.4, 0.5) is 5.69 Å². The average Bonchev–Trinajstić information content (AvgIpc) is 2.78. The number of carbonyl (C=O) groups is 1. The van der Waals surface area contributed by atoms with Crippen LogP contribution in [0.5, 0.6) is 0 Å². The minimum atomic E-state index is -0.504. The molecule has 0 bridgehead atoms. The van der Waals surface area contributed by atoms with Crippen LogP contribution in [-0.4, -0.2) is 10.5 Å². The van der Waals surface area contributed by atoms with Crippen molar-refractivity contribution in [3.63, 3.8) is 0 Å². The Hall–Kier alpha value is -3.34. The van der Waals surface area contributed by atoms with E-state index in [1.165, 1.54) is 6.07 Å². The van der Waals surface area contributed by atoms with Crippen LogP contribution in [0.1, 0.15) is 27.2 Å². The van der Waals surface area contributed by atoms with Gasteiger partial charge < -0.3 is 9.88 Å². The van der Waals surface area contributed by atoms with Gasteiger partial charge in [0, 0.05) is 28.9 Å². The maximum atomic E-state index is 13.5. The van der Waals surface area contributed by atoms with Crippen molar-refractivity contribution in [3.8, 4) is 11.3 Å². The summed E-state index contributed by atoms with van der Waals surface area (Å²) in [6.45, 7) is 4.30. The van der Waals surface area contributed by atoms with Gasteiger partial charge in [-0.15, -0.1) is 0 Å². The highest BCUT2D eigenvalue weighted by molar-refractivity contribution is 6.34. The van der Waals surface area contributed by atoms with Crippen LogP contribution in [0.2, 0.25) is 10.0 Å². The van der Waals surface area contributed by atoms with E-state index in [0.717, 1.165) is 22.4 Å². The molecule has 0 radical (unpaired) electrons. The standard InChI is InChI=1S/C27H22Cl2N2O2/c1-17-7-3-4-8-21(17)26-25(27(33)30-23-10-6-5-9-22(23)29)24(32)15-18(2)31(26)16-19-11-13-20(28)14-12-19/h3-15H,16H2,1-2H3,(H,30,33). The van der Waals surface area contributed by atoms with E-state index >= 15 is 0 Å². The highest BCUT2D eigenvalue weighted by atomic mass is 35.5. The molecule has 0 aliphatic heterocycles. The minimum Gasteiger partial charge on any atom is -0.340 e. The molecule has 4 rings (SSSR count). The van der Waals surface area contributed by atoms with Crippen molar-refractivity contribution >= 4 is 34.8 Å². The van der Waals surface area contributed by atoms with Gasteiger partial charge in [0.15, 0.2) is 5.43 Å². The molecule has 0 saturated heterocycles. The van der Waals surface area contributed by atoms with Crippen LogP contribution < -0.4 is 10.7 Å². The van der Waals surface area contributed by atoms with Gasteiger partial charge in [-0.25, -0.2) is 0 Å². The Bertz CT molecular complexity index is 1390. The van der Waals surface area contributed by atoms with Crippen LogP contribution >= 0.6 is 23.2 Å².